The summed E-state index contributed by atoms with van der Waals surface area (Å²) in [6, 6.07) is 14.2. The van der Waals surface area contributed by atoms with Crippen molar-refractivity contribution in [2.24, 2.45) is 0 Å². The molecule has 2 N–H and O–H groups in total. The fourth-order valence-electron chi connectivity index (χ4n) is 3.38. The van der Waals surface area contributed by atoms with Gasteiger partial charge < -0.3 is 20.1 Å². The molecule has 1 unspecified atom stereocenters. The van der Waals surface area contributed by atoms with Gasteiger partial charge >= 0.3 is 0 Å². The van der Waals surface area contributed by atoms with Crippen molar-refractivity contribution in [3.8, 4) is 11.5 Å². The molecule has 2 amide bonds. The van der Waals surface area contributed by atoms with Gasteiger partial charge in [0, 0.05) is 17.3 Å². The third-order valence-electron chi connectivity index (χ3n) is 5.10. The molecule has 0 saturated heterocycles. The Balaban J connectivity index is 1.51. The lowest BCUT2D eigenvalue weighted by Gasteiger charge is -2.22. The van der Waals surface area contributed by atoms with E-state index in [1.807, 2.05) is 0 Å². The van der Waals surface area contributed by atoms with E-state index in [9.17, 15) is 9.59 Å². The van der Waals surface area contributed by atoms with Crippen LogP contribution in [-0.4, -0.2) is 31.1 Å². The van der Waals surface area contributed by atoms with E-state index >= 15 is 0 Å². The van der Waals surface area contributed by atoms with E-state index < -0.39 is 6.10 Å². The Bertz CT molecular complexity index is 812. The number of hydrogen-bond donors (Lipinski definition) is 2. The number of hydrogen-bond acceptors (Lipinski definition) is 4. The van der Waals surface area contributed by atoms with Crippen molar-refractivity contribution in [3.63, 3.8) is 0 Å². The second-order valence-corrected chi connectivity index (χ2v) is 7.31. The number of benzene rings is 2. The quantitative estimate of drug-likeness (QED) is 0.737. The SMILES string of the molecule is COc1ccc(OC(C)C(=O)Nc2ccc(C(=O)NC3CCCCC3)cc2)cc1. The average molecular weight is 396 g/mol. The average Bonchev–Trinajstić information content (AvgIpc) is 2.75. The molecule has 1 fully saturated rings. The first-order valence-corrected chi connectivity index (χ1v) is 10.1. The van der Waals surface area contributed by atoms with Crippen LogP contribution in [0.15, 0.2) is 48.5 Å². The normalized spacial score (nSPS) is 15.2. The zero-order chi connectivity index (χ0) is 20.6. The van der Waals surface area contributed by atoms with Gasteiger partial charge in [0.1, 0.15) is 11.5 Å². The van der Waals surface area contributed by atoms with Gasteiger partial charge in [-0.25, -0.2) is 0 Å². The standard InChI is InChI=1S/C23H28N2O4/c1-16(29-21-14-12-20(28-2)13-15-21)22(26)24-19-10-8-17(9-11-19)23(27)25-18-6-4-3-5-7-18/h8-16,18H,3-7H2,1-2H3,(H,24,26)(H,25,27). The summed E-state index contributed by atoms with van der Waals surface area (Å²) in [5.74, 6) is 0.983. The summed E-state index contributed by atoms with van der Waals surface area (Å²) in [6.45, 7) is 1.69. The van der Waals surface area contributed by atoms with Gasteiger partial charge in [-0.05, 0) is 68.3 Å². The Hall–Kier alpha value is -3.02. The maximum atomic E-state index is 12.4. The van der Waals surface area contributed by atoms with Crippen molar-refractivity contribution >= 4 is 17.5 Å². The molecule has 0 bridgehead atoms. The summed E-state index contributed by atoms with van der Waals surface area (Å²) in [4.78, 5) is 24.8. The van der Waals surface area contributed by atoms with Gasteiger partial charge in [-0.3, -0.25) is 9.59 Å². The summed E-state index contributed by atoms with van der Waals surface area (Å²) in [5.41, 5.74) is 1.21. The molecule has 6 heteroatoms. The van der Waals surface area contributed by atoms with Gasteiger partial charge in [-0.1, -0.05) is 19.3 Å². The van der Waals surface area contributed by atoms with Crippen LogP contribution < -0.4 is 20.1 Å². The second-order valence-electron chi connectivity index (χ2n) is 7.31. The molecule has 0 radical (unpaired) electrons. The number of rotatable bonds is 7. The molecule has 1 saturated carbocycles. The van der Waals surface area contributed by atoms with Crippen LogP contribution in [0.5, 0.6) is 11.5 Å². The van der Waals surface area contributed by atoms with Gasteiger partial charge in [0.2, 0.25) is 0 Å². The van der Waals surface area contributed by atoms with Gasteiger partial charge in [-0.15, -0.1) is 0 Å². The highest BCUT2D eigenvalue weighted by Crippen LogP contribution is 2.20. The zero-order valence-corrected chi connectivity index (χ0v) is 16.9. The molecule has 0 aromatic heterocycles. The summed E-state index contributed by atoms with van der Waals surface area (Å²) >= 11 is 0. The third-order valence-corrected chi connectivity index (χ3v) is 5.10. The van der Waals surface area contributed by atoms with Crippen LogP contribution in [0, 0.1) is 0 Å². The smallest absolute Gasteiger partial charge is 0.265 e. The Morgan fingerprint density at radius 2 is 1.55 bits per heavy atom. The summed E-state index contributed by atoms with van der Waals surface area (Å²) in [5, 5.41) is 5.91. The van der Waals surface area contributed by atoms with Gasteiger partial charge in [0.15, 0.2) is 6.10 Å². The first-order chi connectivity index (χ1) is 14.0. The van der Waals surface area contributed by atoms with Crippen LogP contribution in [0.2, 0.25) is 0 Å². The molecule has 154 valence electrons. The van der Waals surface area contributed by atoms with E-state index in [1.54, 1.807) is 62.6 Å². The predicted molar refractivity (Wildman–Crippen MR) is 112 cm³/mol. The number of ether oxygens (including phenoxy) is 2. The number of anilines is 1. The first-order valence-electron chi connectivity index (χ1n) is 10.1. The highest BCUT2D eigenvalue weighted by Gasteiger charge is 2.18. The minimum atomic E-state index is -0.669. The van der Waals surface area contributed by atoms with Crippen LogP contribution >= 0.6 is 0 Å². The molecular formula is C23H28N2O4. The van der Waals surface area contributed by atoms with Crippen molar-refractivity contribution in [2.75, 3.05) is 12.4 Å². The number of carbonyl (C=O) groups is 2. The van der Waals surface area contributed by atoms with Crippen molar-refractivity contribution in [3.05, 3.63) is 54.1 Å². The summed E-state index contributed by atoms with van der Waals surface area (Å²) in [7, 11) is 1.59. The molecule has 1 aliphatic carbocycles. The third kappa shape index (κ3) is 5.98. The molecule has 0 heterocycles. The molecule has 1 atom stereocenters. The molecule has 1 aliphatic rings. The van der Waals surface area contributed by atoms with Crippen LogP contribution in [0.25, 0.3) is 0 Å². The topological polar surface area (TPSA) is 76.7 Å². The highest BCUT2D eigenvalue weighted by atomic mass is 16.5. The molecule has 29 heavy (non-hydrogen) atoms. The van der Waals surface area contributed by atoms with Crippen molar-refractivity contribution in [1.82, 2.24) is 5.32 Å². The maximum Gasteiger partial charge on any atom is 0.265 e. The number of nitrogens with one attached hydrogen (secondary N) is 2. The number of methoxy groups -OCH3 is 1. The van der Waals surface area contributed by atoms with Gasteiger partial charge in [0.25, 0.3) is 11.8 Å². The molecular weight excluding hydrogens is 368 g/mol. The van der Waals surface area contributed by atoms with Crippen LogP contribution in [0.4, 0.5) is 5.69 Å². The van der Waals surface area contributed by atoms with E-state index in [-0.39, 0.29) is 17.9 Å². The Morgan fingerprint density at radius 3 is 2.17 bits per heavy atom. The molecule has 6 nitrogen and oxygen atoms in total. The molecule has 3 rings (SSSR count). The summed E-state index contributed by atoms with van der Waals surface area (Å²) < 4.78 is 10.8. The Labute approximate surface area is 171 Å². The van der Waals surface area contributed by atoms with E-state index in [0.29, 0.717) is 17.0 Å². The molecule has 0 aliphatic heterocycles. The van der Waals surface area contributed by atoms with Crippen LogP contribution in [0.3, 0.4) is 0 Å². The zero-order valence-electron chi connectivity index (χ0n) is 16.9. The van der Waals surface area contributed by atoms with E-state index in [2.05, 4.69) is 10.6 Å². The Kier molecular flexibility index (Phi) is 7.11. The lowest BCUT2D eigenvalue weighted by atomic mass is 9.95. The van der Waals surface area contributed by atoms with Crippen molar-refractivity contribution in [2.45, 2.75) is 51.2 Å². The minimum absolute atomic E-state index is 0.0639. The maximum absolute atomic E-state index is 12.4. The van der Waals surface area contributed by atoms with E-state index in [4.69, 9.17) is 9.47 Å². The minimum Gasteiger partial charge on any atom is -0.497 e. The fourth-order valence-corrected chi connectivity index (χ4v) is 3.38. The van der Waals surface area contributed by atoms with E-state index in [1.165, 1.54) is 19.3 Å². The first kappa shape index (κ1) is 20.7. The van der Waals surface area contributed by atoms with Gasteiger partial charge in [0.05, 0.1) is 7.11 Å². The molecule has 2 aromatic carbocycles. The van der Waals surface area contributed by atoms with Crippen molar-refractivity contribution in [1.29, 1.82) is 0 Å². The molecule has 2 aromatic rings. The largest absolute Gasteiger partial charge is 0.497 e. The van der Waals surface area contributed by atoms with Crippen molar-refractivity contribution < 1.29 is 19.1 Å². The lowest BCUT2D eigenvalue weighted by molar-refractivity contribution is -0.122. The summed E-state index contributed by atoms with van der Waals surface area (Å²) in [6.07, 6.45) is 5.02. The predicted octanol–water partition coefficient (Wildman–Crippen LogP) is 4.16. The fraction of sp³-hybridized carbons (Fsp3) is 0.391. The van der Waals surface area contributed by atoms with Crippen LogP contribution in [-0.2, 0) is 4.79 Å². The number of amides is 2. The van der Waals surface area contributed by atoms with Crippen LogP contribution in [0.1, 0.15) is 49.4 Å². The number of carbonyl (C=O) groups excluding carboxylic acids is 2. The van der Waals surface area contributed by atoms with E-state index in [0.717, 1.165) is 18.6 Å². The molecule has 0 spiro atoms. The van der Waals surface area contributed by atoms with Gasteiger partial charge in [-0.2, -0.15) is 0 Å². The Morgan fingerprint density at radius 1 is 0.931 bits per heavy atom. The second kappa shape index (κ2) is 9.96. The monoisotopic (exact) mass is 396 g/mol. The lowest BCUT2D eigenvalue weighted by Crippen LogP contribution is -2.36. The highest BCUT2D eigenvalue weighted by molar-refractivity contribution is 5.97.